The number of aryl methyl sites for hydroxylation is 1. The van der Waals surface area contributed by atoms with Gasteiger partial charge in [0.05, 0.1) is 11.4 Å². The molecule has 0 bridgehead atoms. The average molecular weight is 472 g/mol. The summed E-state index contributed by atoms with van der Waals surface area (Å²) < 4.78 is 35.2. The van der Waals surface area contributed by atoms with Gasteiger partial charge in [0.25, 0.3) is 0 Å². The van der Waals surface area contributed by atoms with Gasteiger partial charge in [-0.05, 0) is 54.4 Å². The van der Waals surface area contributed by atoms with Crippen LogP contribution in [0.25, 0.3) is 10.8 Å². The van der Waals surface area contributed by atoms with Crippen molar-refractivity contribution in [2.24, 2.45) is 0 Å². The SMILES string of the molecule is C=C[C@@H]1CN(S(=O)(=O)c2ccc(C)cc2)CCc2c(ccc3cc(Br)ccc23)O1. The van der Waals surface area contributed by atoms with Gasteiger partial charge in [-0.25, -0.2) is 8.42 Å². The first-order valence-corrected chi connectivity index (χ1v) is 11.7. The Morgan fingerprint density at radius 1 is 1.14 bits per heavy atom. The van der Waals surface area contributed by atoms with Crippen molar-refractivity contribution in [3.8, 4) is 5.75 Å². The van der Waals surface area contributed by atoms with E-state index in [4.69, 9.17) is 4.74 Å². The fourth-order valence-electron chi connectivity index (χ4n) is 3.64. The summed E-state index contributed by atoms with van der Waals surface area (Å²) in [5.74, 6) is 0.789. The standard InChI is InChI=1S/C23H22BrNO3S/c1-3-19-15-25(29(26,27)20-8-4-16(2)5-9-20)13-12-22-21-10-7-18(24)14-17(21)6-11-23(22)28-19/h3-11,14,19H,1,12-13,15H2,2H3/t19-/m1/s1. The molecule has 1 aliphatic rings. The molecule has 0 fully saturated rings. The molecule has 3 aromatic carbocycles. The van der Waals surface area contributed by atoms with E-state index in [-0.39, 0.29) is 6.54 Å². The highest BCUT2D eigenvalue weighted by Gasteiger charge is 2.29. The molecule has 0 amide bonds. The molecule has 0 spiro atoms. The number of hydrogen-bond donors (Lipinski definition) is 0. The smallest absolute Gasteiger partial charge is 0.243 e. The minimum atomic E-state index is -3.63. The number of halogens is 1. The second-order valence-corrected chi connectivity index (χ2v) is 10.1. The maximum atomic E-state index is 13.3. The Labute approximate surface area is 180 Å². The number of sulfonamides is 1. The summed E-state index contributed by atoms with van der Waals surface area (Å²) in [6.07, 6.45) is 1.81. The summed E-state index contributed by atoms with van der Waals surface area (Å²) in [6.45, 7) is 6.41. The summed E-state index contributed by atoms with van der Waals surface area (Å²) >= 11 is 3.51. The molecule has 0 aromatic heterocycles. The molecule has 6 heteroatoms. The van der Waals surface area contributed by atoms with Crippen molar-refractivity contribution in [3.63, 3.8) is 0 Å². The summed E-state index contributed by atoms with van der Waals surface area (Å²) in [5.41, 5.74) is 2.04. The average Bonchev–Trinajstić information content (AvgIpc) is 2.68. The van der Waals surface area contributed by atoms with Crippen LogP contribution >= 0.6 is 15.9 Å². The lowest BCUT2D eigenvalue weighted by Crippen LogP contribution is -2.41. The minimum Gasteiger partial charge on any atom is -0.485 e. The fourth-order valence-corrected chi connectivity index (χ4v) is 5.47. The van der Waals surface area contributed by atoms with Gasteiger partial charge in [-0.1, -0.05) is 58.4 Å². The predicted octanol–water partition coefficient (Wildman–Crippen LogP) is 5.09. The van der Waals surface area contributed by atoms with Crippen LogP contribution < -0.4 is 4.74 Å². The molecule has 150 valence electrons. The van der Waals surface area contributed by atoms with Gasteiger partial charge in [0.15, 0.2) is 0 Å². The number of rotatable bonds is 3. The van der Waals surface area contributed by atoms with Crippen molar-refractivity contribution in [2.45, 2.75) is 24.3 Å². The first-order valence-electron chi connectivity index (χ1n) is 9.45. The lowest BCUT2D eigenvalue weighted by atomic mass is 10.0. The maximum Gasteiger partial charge on any atom is 0.243 e. The Bertz CT molecular complexity index is 1170. The van der Waals surface area contributed by atoms with Crippen LogP contribution in [0.1, 0.15) is 11.1 Å². The van der Waals surface area contributed by atoms with Gasteiger partial charge in [-0.3, -0.25) is 0 Å². The summed E-state index contributed by atoms with van der Waals surface area (Å²) in [7, 11) is -3.63. The molecule has 1 aliphatic heterocycles. The van der Waals surface area contributed by atoms with E-state index in [0.29, 0.717) is 17.9 Å². The molecule has 0 saturated carbocycles. The third-order valence-electron chi connectivity index (χ3n) is 5.25. The second kappa shape index (κ2) is 7.94. The Balaban J connectivity index is 1.75. The molecule has 1 atom stereocenters. The molecule has 0 N–H and O–H groups in total. The van der Waals surface area contributed by atoms with Crippen LogP contribution in [-0.2, 0) is 16.4 Å². The molecule has 3 aromatic rings. The van der Waals surface area contributed by atoms with E-state index in [0.717, 1.165) is 32.1 Å². The second-order valence-electron chi connectivity index (χ2n) is 7.23. The van der Waals surface area contributed by atoms with Crippen molar-refractivity contribution in [1.82, 2.24) is 4.31 Å². The minimum absolute atomic E-state index is 0.234. The van der Waals surface area contributed by atoms with E-state index >= 15 is 0 Å². The van der Waals surface area contributed by atoms with Crippen LogP contribution in [0.4, 0.5) is 0 Å². The number of benzene rings is 3. The van der Waals surface area contributed by atoms with E-state index < -0.39 is 16.1 Å². The molecular formula is C23H22BrNO3S. The zero-order valence-corrected chi connectivity index (χ0v) is 18.5. The van der Waals surface area contributed by atoms with Gasteiger partial charge in [0, 0.05) is 16.6 Å². The molecule has 0 radical (unpaired) electrons. The molecule has 0 aliphatic carbocycles. The highest BCUT2D eigenvalue weighted by Crippen LogP contribution is 2.33. The van der Waals surface area contributed by atoms with Crippen molar-refractivity contribution < 1.29 is 13.2 Å². The Morgan fingerprint density at radius 2 is 1.90 bits per heavy atom. The van der Waals surface area contributed by atoms with Crippen molar-refractivity contribution in [2.75, 3.05) is 13.1 Å². The van der Waals surface area contributed by atoms with Crippen LogP contribution in [0, 0.1) is 6.92 Å². The zero-order valence-electron chi connectivity index (χ0n) is 16.1. The fraction of sp³-hybridized carbons (Fsp3) is 0.217. The van der Waals surface area contributed by atoms with Gasteiger partial charge in [0.1, 0.15) is 11.9 Å². The first kappa shape index (κ1) is 20.1. The molecule has 29 heavy (non-hydrogen) atoms. The molecule has 4 rings (SSSR count). The van der Waals surface area contributed by atoms with E-state index in [1.165, 1.54) is 4.31 Å². The molecule has 0 saturated heterocycles. The Kier molecular flexibility index (Phi) is 5.51. The Morgan fingerprint density at radius 3 is 2.62 bits per heavy atom. The molecule has 4 nitrogen and oxygen atoms in total. The largest absolute Gasteiger partial charge is 0.485 e. The van der Waals surface area contributed by atoms with E-state index in [2.05, 4.69) is 28.6 Å². The normalized spacial score (nSPS) is 17.8. The highest BCUT2D eigenvalue weighted by molar-refractivity contribution is 9.10. The summed E-state index contributed by atoms with van der Waals surface area (Å²) in [6, 6.07) is 17.0. The number of nitrogens with zero attached hydrogens (tertiary/aromatic N) is 1. The van der Waals surface area contributed by atoms with Crippen LogP contribution in [0.5, 0.6) is 5.75 Å². The quantitative estimate of drug-likeness (QED) is 0.499. The predicted molar refractivity (Wildman–Crippen MR) is 120 cm³/mol. The lowest BCUT2D eigenvalue weighted by Gasteiger charge is -2.30. The highest BCUT2D eigenvalue weighted by atomic mass is 79.9. The molecular weight excluding hydrogens is 450 g/mol. The summed E-state index contributed by atoms with van der Waals surface area (Å²) in [4.78, 5) is 0.300. The van der Waals surface area contributed by atoms with Gasteiger partial charge < -0.3 is 4.74 Å². The van der Waals surface area contributed by atoms with Crippen LogP contribution in [-0.4, -0.2) is 31.9 Å². The van der Waals surface area contributed by atoms with E-state index in [9.17, 15) is 8.42 Å². The van der Waals surface area contributed by atoms with Crippen LogP contribution in [0.2, 0.25) is 0 Å². The Hall–Kier alpha value is -2.15. The van der Waals surface area contributed by atoms with Crippen LogP contribution in [0.15, 0.2) is 76.6 Å². The maximum absolute atomic E-state index is 13.3. The third-order valence-corrected chi connectivity index (χ3v) is 7.62. The lowest BCUT2D eigenvalue weighted by molar-refractivity contribution is 0.201. The van der Waals surface area contributed by atoms with Crippen molar-refractivity contribution in [3.05, 3.63) is 82.9 Å². The monoisotopic (exact) mass is 471 g/mol. The first-order chi connectivity index (χ1) is 13.9. The van der Waals surface area contributed by atoms with E-state index in [1.54, 1.807) is 18.2 Å². The van der Waals surface area contributed by atoms with Gasteiger partial charge in [0.2, 0.25) is 10.0 Å². The zero-order chi connectivity index (χ0) is 20.6. The molecule has 0 unspecified atom stereocenters. The summed E-state index contributed by atoms with van der Waals surface area (Å²) in [5, 5.41) is 2.16. The van der Waals surface area contributed by atoms with Gasteiger partial charge in [-0.2, -0.15) is 4.31 Å². The number of hydrogen-bond acceptors (Lipinski definition) is 3. The van der Waals surface area contributed by atoms with Crippen LogP contribution in [0.3, 0.4) is 0 Å². The third kappa shape index (κ3) is 3.97. The number of ether oxygens (including phenoxy) is 1. The van der Waals surface area contributed by atoms with Crippen molar-refractivity contribution in [1.29, 1.82) is 0 Å². The van der Waals surface area contributed by atoms with Gasteiger partial charge >= 0.3 is 0 Å². The van der Waals surface area contributed by atoms with Crippen molar-refractivity contribution >= 4 is 36.7 Å². The molecule has 1 heterocycles. The van der Waals surface area contributed by atoms with E-state index in [1.807, 2.05) is 43.3 Å². The van der Waals surface area contributed by atoms with Gasteiger partial charge in [-0.15, -0.1) is 0 Å². The topological polar surface area (TPSA) is 46.6 Å². The number of fused-ring (bicyclic) bond motifs is 3.